The summed E-state index contributed by atoms with van der Waals surface area (Å²) in [5.74, 6) is -0.350. The molecule has 190 valence electrons. The van der Waals surface area contributed by atoms with Crippen molar-refractivity contribution in [2.45, 2.75) is 104 Å². The van der Waals surface area contributed by atoms with E-state index in [4.69, 9.17) is 28.4 Å². The van der Waals surface area contributed by atoms with Crippen molar-refractivity contribution >= 4 is 11.9 Å². The fourth-order valence-corrected chi connectivity index (χ4v) is 3.08. The summed E-state index contributed by atoms with van der Waals surface area (Å²) in [4.78, 5) is 23.6. The molecule has 0 N–H and O–H groups in total. The van der Waals surface area contributed by atoms with Gasteiger partial charge in [0.05, 0.1) is 13.2 Å². The van der Waals surface area contributed by atoms with Crippen LogP contribution >= 0.6 is 0 Å². The van der Waals surface area contributed by atoms with Gasteiger partial charge < -0.3 is 28.4 Å². The highest BCUT2D eigenvalue weighted by atomic mass is 16.7. The summed E-state index contributed by atoms with van der Waals surface area (Å²) in [7, 11) is 0. The van der Waals surface area contributed by atoms with E-state index in [1.165, 1.54) is 0 Å². The first-order valence-corrected chi connectivity index (χ1v) is 12.3. The van der Waals surface area contributed by atoms with Crippen molar-refractivity contribution in [1.29, 1.82) is 0 Å². The zero-order chi connectivity index (χ0) is 23.9. The minimum atomic E-state index is -0.225. The molecule has 8 heteroatoms. The number of carbonyl (C=O) groups excluding carboxylic acids is 2. The highest BCUT2D eigenvalue weighted by Gasteiger charge is 2.10. The maximum Gasteiger partial charge on any atom is 0.305 e. The lowest BCUT2D eigenvalue weighted by molar-refractivity contribution is -0.150. The van der Waals surface area contributed by atoms with Gasteiger partial charge in [0.2, 0.25) is 0 Å². The van der Waals surface area contributed by atoms with Crippen LogP contribution in [-0.2, 0) is 38.0 Å². The smallest absolute Gasteiger partial charge is 0.305 e. The largest absolute Gasteiger partial charge is 0.466 e. The molecule has 0 saturated carbocycles. The second-order valence-electron chi connectivity index (χ2n) is 7.32. The SMILES string of the molecule is CCOC(CCCOC(=O)CCCCCCC(=O)OCCCC(OCC)OCC)OCC. The normalized spacial score (nSPS) is 11.3. The summed E-state index contributed by atoms with van der Waals surface area (Å²) < 4.78 is 32.3. The Morgan fingerprint density at radius 2 is 0.875 bits per heavy atom. The Hall–Kier alpha value is -1.22. The summed E-state index contributed by atoms with van der Waals surface area (Å²) in [6.07, 6.45) is 6.55. The molecule has 8 nitrogen and oxygen atoms in total. The summed E-state index contributed by atoms with van der Waals surface area (Å²) in [6.45, 7) is 10.9. The molecule has 0 radical (unpaired) electrons. The lowest BCUT2D eigenvalue weighted by Gasteiger charge is -2.16. The first-order valence-electron chi connectivity index (χ1n) is 12.3. The van der Waals surface area contributed by atoms with Crippen LogP contribution in [0.3, 0.4) is 0 Å². The van der Waals surface area contributed by atoms with Crippen molar-refractivity contribution in [1.82, 2.24) is 0 Å². The minimum absolute atomic E-state index is 0.175. The molecule has 0 rings (SSSR count). The van der Waals surface area contributed by atoms with E-state index < -0.39 is 0 Å². The van der Waals surface area contributed by atoms with Crippen molar-refractivity contribution in [2.24, 2.45) is 0 Å². The molecule has 0 saturated heterocycles. The predicted octanol–water partition coefficient (Wildman–Crippen LogP) is 4.77. The Bertz CT molecular complexity index is 392. The molecule has 0 unspecified atom stereocenters. The Morgan fingerprint density at radius 1 is 0.531 bits per heavy atom. The molecular formula is C24H46O8. The fourth-order valence-electron chi connectivity index (χ4n) is 3.08. The number of hydrogen-bond acceptors (Lipinski definition) is 8. The molecule has 0 aliphatic rings. The van der Waals surface area contributed by atoms with Gasteiger partial charge in [-0.1, -0.05) is 12.8 Å². The Labute approximate surface area is 194 Å². The molecular weight excluding hydrogens is 416 g/mol. The number of ether oxygens (including phenoxy) is 6. The lowest BCUT2D eigenvalue weighted by atomic mass is 10.1. The molecule has 0 heterocycles. The fraction of sp³-hybridized carbons (Fsp3) is 0.917. The number of carbonyl (C=O) groups is 2. The number of unbranched alkanes of at least 4 members (excludes halogenated alkanes) is 3. The highest BCUT2D eigenvalue weighted by Crippen LogP contribution is 2.09. The Morgan fingerprint density at radius 3 is 1.19 bits per heavy atom. The van der Waals surface area contributed by atoms with E-state index in [2.05, 4.69) is 0 Å². The molecule has 0 fully saturated rings. The predicted molar refractivity (Wildman–Crippen MR) is 122 cm³/mol. The summed E-state index contributed by atoms with van der Waals surface area (Å²) in [5.41, 5.74) is 0. The van der Waals surface area contributed by atoms with Crippen molar-refractivity contribution in [2.75, 3.05) is 39.6 Å². The van der Waals surface area contributed by atoms with Gasteiger partial charge in [0.15, 0.2) is 12.6 Å². The van der Waals surface area contributed by atoms with E-state index in [-0.39, 0.29) is 24.5 Å². The van der Waals surface area contributed by atoms with Gasteiger partial charge in [-0.2, -0.15) is 0 Å². The first kappa shape index (κ1) is 30.8. The second kappa shape index (κ2) is 23.0. The molecule has 0 bridgehead atoms. The van der Waals surface area contributed by atoms with Crippen molar-refractivity contribution in [3.05, 3.63) is 0 Å². The van der Waals surface area contributed by atoms with Crippen LogP contribution in [0.5, 0.6) is 0 Å². The van der Waals surface area contributed by atoms with Crippen LogP contribution in [0.4, 0.5) is 0 Å². The first-order chi connectivity index (χ1) is 15.6. The van der Waals surface area contributed by atoms with Crippen LogP contribution in [0.25, 0.3) is 0 Å². The van der Waals surface area contributed by atoms with Crippen molar-refractivity contribution in [3.63, 3.8) is 0 Å². The van der Waals surface area contributed by atoms with Gasteiger partial charge in [0.25, 0.3) is 0 Å². The van der Waals surface area contributed by atoms with Gasteiger partial charge in [-0.15, -0.1) is 0 Å². The van der Waals surface area contributed by atoms with Crippen LogP contribution in [0, 0.1) is 0 Å². The van der Waals surface area contributed by atoms with E-state index in [1.54, 1.807) is 0 Å². The molecule has 0 aliphatic carbocycles. The number of rotatable bonds is 23. The van der Waals surface area contributed by atoms with E-state index in [0.717, 1.165) is 38.5 Å². The van der Waals surface area contributed by atoms with Gasteiger partial charge in [-0.05, 0) is 53.4 Å². The highest BCUT2D eigenvalue weighted by molar-refractivity contribution is 5.69. The van der Waals surface area contributed by atoms with E-state index >= 15 is 0 Å². The standard InChI is InChI=1S/C24H46O8/c1-5-27-23(28-6-2)17-13-19-31-21(25)15-11-9-10-12-16-22(26)32-20-14-18-24(29-7-3)30-8-4/h23-24H,5-20H2,1-4H3. The third-order valence-corrected chi connectivity index (χ3v) is 4.62. The van der Waals surface area contributed by atoms with Gasteiger partial charge >= 0.3 is 11.9 Å². The molecule has 0 aromatic heterocycles. The third-order valence-electron chi connectivity index (χ3n) is 4.62. The van der Waals surface area contributed by atoms with Crippen LogP contribution < -0.4 is 0 Å². The topological polar surface area (TPSA) is 89.5 Å². The second-order valence-corrected chi connectivity index (χ2v) is 7.32. The summed E-state index contributed by atoms with van der Waals surface area (Å²) in [5, 5.41) is 0. The average Bonchev–Trinajstić information content (AvgIpc) is 2.77. The van der Waals surface area contributed by atoms with Crippen LogP contribution in [-0.4, -0.2) is 64.2 Å². The Kier molecular flexibility index (Phi) is 22.1. The van der Waals surface area contributed by atoms with Crippen molar-refractivity contribution < 1.29 is 38.0 Å². The maximum atomic E-state index is 11.8. The average molecular weight is 463 g/mol. The number of esters is 2. The maximum absolute atomic E-state index is 11.8. The number of hydrogen-bond donors (Lipinski definition) is 0. The van der Waals surface area contributed by atoms with Gasteiger partial charge in [-0.25, -0.2) is 0 Å². The van der Waals surface area contributed by atoms with Crippen molar-refractivity contribution in [3.8, 4) is 0 Å². The summed E-state index contributed by atoms with van der Waals surface area (Å²) in [6, 6.07) is 0. The van der Waals surface area contributed by atoms with Gasteiger partial charge in [-0.3, -0.25) is 9.59 Å². The molecule has 0 atom stereocenters. The molecule has 32 heavy (non-hydrogen) atoms. The van der Waals surface area contributed by atoms with E-state index in [1.807, 2.05) is 27.7 Å². The van der Waals surface area contributed by atoms with Gasteiger partial charge in [0, 0.05) is 52.1 Å². The van der Waals surface area contributed by atoms with Crippen LogP contribution in [0.1, 0.15) is 91.9 Å². The lowest BCUT2D eigenvalue weighted by Crippen LogP contribution is -2.18. The van der Waals surface area contributed by atoms with E-state index in [9.17, 15) is 9.59 Å². The van der Waals surface area contributed by atoms with Gasteiger partial charge in [0.1, 0.15) is 0 Å². The zero-order valence-corrected chi connectivity index (χ0v) is 20.7. The molecule has 0 amide bonds. The quantitative estimate of drug-likeness (QED) is 0.122. The molecule has 0 aliphatic heterocycles. The minimum Gasteiger partial charge on any atom is -0.466 e. The molecule has 0 spiro atoms. The summed E-state index contributed by atoms with van der Waals surface area (Å²) >= 11 is 0. The van der Waals surface area contributed by atoms with Crippen LogP contribution in [0.15, 0.2) is 0 Å². The Balaban J connectivity index is 3.57. The molecule has 0 aromatic rings. The van der Waals surface area contributed by atoms with Crippen LogP contribution in [0.2, 0.25) is 0 Å². The van der Waals surface area contributed by atoms with E-state index in [0.29, 0.717) is 65.3 Å². The third kappa shape index (κ3) is 19.5. The zero-order valence-electron chi connectivity index (χ0n) is 20.7. The monoisotopic (exact) mass is 462 g/mol. The molecule has 0 aromatic carbocycles.